The van der Waals surface area contributed by atoms with Gasteiger partial charge in [-0.15, -0.1) is 0 Å². The van der Waals surface area contributed by atoms with Crippen molar-refractivity contribution in [3.63, 3.8) is 0 Å². The summed E-state index contributed by atoms with van der Waals surface area (Å²) >= 11 is 0. The van der Waals surface area contributed by atoms with Crippen LogP contribution in [0.5, 0.6) is 5.75 Å². The summed E-state index contributed by atoms with van der Waals surface area (Å²) in [4.78, 5) is 29.7. The van der Waals surface area contributed by atoms with E-state index < -0.39 is 13.9 Å². The zero-order valence-corrected chi connectivity index (χ0v) is 14.3. The lowest BCUT2D eigenvalue weighted by Gasteiger charge is -2.20. The highest BCUT2D eigenvalue weighted by Gasteiger charge is 2.21. The van der Waals surface area contributed by atoms with Crippen molar-refractivity contribution in [3.8, 4) is 5.75 Å². The van der Waals surface area contributed by atoms with E-state index in [1.165, 1.54) is 7.11 Å². The Labute approximate surface area is 136 Å². The Bertz CT molecular complexity index is 545. The largest absolute Gasteiger partial charge is 0.497 e. The Kier molecular flexibility index (Phi) is 8.26. The molecule has 0 aromatic heterocycles. The van der Waals surface area contributed by atoms with Gasteiger partial charge >= 0.3 is 7.82 Å². The zero-order valence-electron chi connectivity index (χ0n) is 13.4. The van der Waals surface area contributed by atoms with Gasteiger partial charge in [0.2, 0.25) is 5.91 Å². The molecule has 7 nitrogen and oxygen atoms in total. The van der Waals surface area contributed by atoms with Crippen molar-refractivity contribution < 1.29 is 28.4 Å². The van der Waals surface area contributed by atoms with Gasteiger partial charge in [0.1, 0.15) is 5.75 Å². The van der Waals surface area contributed by atoms with E-state index in [0.29, 0.717) is 17.7 Å². The molecular weight excluding hydrogens is 321 g/mol. The van der Waals surface area contributed by atoms with Gasteiger partial charge in [0, 0.05) is 6.42 Å². The lowest BCUT2D eigenvalue weighted by Crippen LogP contribution is -2.31. The molecule has 1 amide bonds. The van der Waals surface area contributed by atoms with E-state index in [1.807, 2.05) is 6.92 Å². The van der Waals surface area contributed by atoms with Gasteiger partial charge in [-0.2, -0.15) is 0 Å². The van der Waals surface area contributed by atoms with Gasteiger partial charge in [0.15, 0.2) is 0 Å². The Morgan fingerprint density at radius 2 is 2.09 bits per heavy atom. The molecule has 0 aliphatic carbocycles. The van der Waals surface area contributed by atoms with E-state index >= 15 is 0 Å². The number of hydrogen-bond acceptors (Lipinski definition) is 4. The molecule has 3 N–H and O–H groups in total. The Balaban J connectivity index is 2.79. The van der Waals surface area contributed by atoms with Crippen molar-refractivity contribution >= 4 is 13.7 Å². The number of phosphoric acid groups is 1. The number of phosphoric ester groups is 1. The molecule has 1 rings (SSSR count). The molecular formula is C15H24NO6P. The van der Waals surface area contributed by atoms with E-state index in [2.05, 4.69) is 9.84 Å². The molecule has 0 bridgehead atoms. The number of amides is 1. The Morgan fingerprint density at radius 1 is 1.35 bits per heavy atom. The second kappa shape index (κ2) is 9.67. The lowest BCUT2D eigenvalue weighted by atomic mass is 10.1. The maximum Gasteiger partial charge on any atom is 0.469 e. The molecule has 1 aromatic carbocycles. The zero-order chi connectivity index (χ0) is 17.3. The number of nitrogens with one attached hydrogen (secondary N) is 1. The number of carbonyl (C=O) groups is 1. The van der Waals surface area contributed by atoms with Gasteiger partial charge in [0.05, 0.1) is 19.8 Å². The first kappa shape index (κ1) is 19.6. The number of unbranched alkanes of at least 4 members (excludes halogenated alkanes) is 2. The standard InChI is InChI=1S/C15H24NO6P/c1-3-4-5-9-15(17)16-14(11-22-23(18,19)20)12-7-6-8-13(10-12)21-2/h6-8,10,14H,3-5,9,11H2,1-2H3,(H,16,17)(H2,18,19,20). The molecule has 1 aromatic rings. The summed E-state index contributed by atoms with van der Waals surface area (Å²) < 4.78 is 20.6. The van der Waals surface area contributed by atoms with Crippen LogP contribution in [0, 0.1) is 0 Å². The second-order valence-electron chi connectivity index (χ2n) is 5.14. The van der Waals surface area contributed by atoms with Crippen LogP contribution in [0.25, 0.3) is 0 Å². The third-order valence-corrected chi connectivity index (χ3v) is 3.73. The van der Waals surface area contributed by atoms with Crippen molar-refractivity contribution in [3.05, 3.63) is 29.8 Å². The predicted molar refractivity (Wildman–Crippen MR) is 86.0 cm³/mol. The minimum absolute atomic E-state index is 0.180. The van der Waals surface area contributed by atoms with Crippen LogP contribution in [0.3, 0.4) is 0 Å². The molecule has 23 heavy (non-hydrogen) atoms. The summed E-state index contributed by atoms with van der Waals surface area (Å²) in [5.74, 6) is 0.407. The van der Waals surface area contributed by atoms with Gasteiger partial charge in [-0.3, -0.25) is 9.32 Å². The van der Waals surface area contributed by atoms with E-state index in [1.54, 1.807) is 24.3 Å². The van der Waals surface area contributed by atoms with E-state index in [-0.39, 0.29) is 12.5 Å². The number of carbonyl (C=O) groups excluding carboxylic acids is 1. The molecule has 130 valence electrons. The molecule has 0 saturated heterocycles. The smallest absolute Gasteiger partial charge is 0.469 e. The van der Waals surface area contributed by atoms with Crippen molar-refractivity contribution in [1.82, 2.24) is 5.32 Å². The monoisotopic (exact) mass is 345 g/mol. The fourth-order valence-corrected chi connectivity index (χ4v) is 2.40. The van der Waals surface area contributed by atoms with Gasteiger partial charge in [-0.25, -0.2) is 4.57 Å². The van der Waals surface area contributed by atoms with Crippen molar-refractivity contribution in [2.45, 2.75) is 38.6 Å². The third kappa shape index (κ3) is 8.13. The Morgan fingerprint density at radius 3 is 2.70 bits per heavy atom. The molecule has 0 radical (unpaired) electrons. The van der Waals surface area contributed by atoms with Gasteiger partial charge in [0.25, 0.3) is 0 Å². The van der Waals surface area contributed by atoms with Gasteiger partial charge in [-0.05, 0) is 24.1 Å². The number of rotatable bonds is 10. The fraction of sp³-hybridized carbons (Fsp3) is 0.533. The highest BCUT2D eigenvalue weighted by atomic mass is 31.2. The van der Waals surface area contributed by atoms with Crippen LogP contribution in [0.1, 0.15) is 44.2 Å². The van der Waals surface area contributed by atoms with E-state index in [0.717, 1.165) is 19.3 Å². The van der Waals surface area contributed by atoms with Crippen molar-refractivity contribution in [2.75, 3.05) is 13.7 Å². The first-order chi connectivity index (χ1) is 10.9. The first-order valence-corrected chi connectivity index (χ1v) is 9.02. The van der Waals surface area contributed by atoms with Crippen LogP contribution in [-0.2, 0) is 13.9 Å². The minimum Gasteiger partial charge on any atom is -0.497 e. The highest BCUT2D eigenvalue weighted by molar-refractivity contribution is 7.46. The average molecular weight is 345 g/mol. The summed E-state index contributed by atoms with van der Waals surface area (Å²) in [6, 6.07) is 6.25. The van der Waals surface area contributed by atoms with Gasteiger partial charge in [-0.1, -0.05) is 31.9 Å². The molecule has 0 spiro atoms. The Hall–Kier alpha value is -1.40. The summed E-state index contributed by atoms with van der Waals surface area (Å²) in [5, 5.41) is 2.75. The average Bonchev–Trinajstić information content (AvgIpc) is 2.51. The maximum atomic E-state index is 12.0. The summed E-state index contributed by atoms with van der Waals surface area (Å²) in [7, 11) is -3.09. The molecule has 0 heterocycles. The normalized spacial score (nSPS) is 12.7. The molecule has 0 saturated carbocycles. The van der Waals surface area contributed by atoms with Crippen LogP contribution in [0.15, 0.2) is 24.3 Å². The van der Waals surface area contributed by atoms with E-state index in [9.17, 15) is 9.36 Å². The lowest BCUT2D eigenvalue weighted by molar-refractivity contribution is -0.122. The van der Waals surface area contributed by atoms with Gasteiger partial charge < -0.3 is 19.8 Å². The maximum absolute atomic E-state index is 12.0. The molecule has 0 aliphatic rings. The van der Waals surface area contributed by atoms with Crippen molar-refractivity contribution in [1.29, 1.82) is 0 Å². The molecule has 0 fully saturated rings. The number of methoxy groups -OCH3 is 1. The molecule has 1 atom stereocenters. The first-order valence-electron chi connectivity index (χ1n) is 7.49. The van der Waals surface area contributed by atoms with Crippen molar-refractivity contribution in [2.24, 2.45) is 0 Å². The highest BCUT2D eigenvalue weighted by Crippen LogP contribution is 2.37. The summed E-state index contributed by atoms with van der Waals surface area (Å²) in [6.07, 6.45) is 3.10. The topological polar surface area (TPSA) is 105 Å². The van der Waals surface area contributed by atoms with Crippen LogP contribution in [0.2, 0.25) is 0 Å². The quantitative estimate of drug-likeness (QED) is 0.445. The molecule has 0 aliphatic heterocycles. The summed E-state index contributed by atoms with van der Waals surface area (Å²) in [5.41, 5.74) is 0.654. The van der Waals surface area contributed by atoms with Crippen LogP contribution in [0.4, 0.5) is 0 Å². The van der Waals surface area contributed by atoms with Crippen LogP contribution >= 0.6 is 7.82 Å². The number of ether oxygens (including phenoxy) is 1. The second-order valence-corrected chi connectivity index (χ2v) is 6.38. The van der Waals surface area contributed by atoms with E-state index in [4.69, 9.17) is 14.5 Å². The predicted octanol–water partition coefficient (Wildman–Crippen LogP) is 2.54. The number of hydrogen-bond donors (Lipinski definition) is 3. The molecule has 8 heteroatoms. The van der Waals surface area contributed by atoms with Crippen LogP contribution < -0.4 is 10.1 Å². The summed E-state index contributed by atoms with van der Waals surface area (Å²) in [6.45, 7) is 1.72. The third-order valence-electron chi connectivity index (χ3n) is 3.25. The molecule has 1 unspecified atom stereocenters. The number of benzene rings is 1. The fourth-order valence-electron chi connectivity index (χ4n) is 2.05. The van der Waals surface area contributed by atoms with Crippen LogP contribution in [-0.4, -0.2) is 29.4 Å². The SMILES string of the molecule is CCCCCC(=O)NC(COP(=O)(O)O)c1cccc(OC)c1. The minimum atomic E-state index is -4.61.